The first-order valence-electron chi connectivity index (χ1n) is 2.90. The summed E-state index contributed by atoms with van der Waals surface area (Å²) in [6, 6.07) is 0. The maximum Gasteiger partial charge on any atom is 0.125 e. The van der Waals surface area contributed by atoms with Crippen LogP contribution in [0.3, 0.4) is 0 Å². The molecule has 0 aliphatic heterocycles. The van der Waals surface area contributed by atoms with E-state index in [0.717, 1.165) is 0 Å². The molecule has 1 N–H and O–H groups in total. The number of hydrogen-bond acceptors (Lipinski definition) is 1. The van der Waals surface area contributed by atoms with Crippen LogP contribution < -0.4 is 0 Å². The highest BCUT2D eigenvalue weighted by atomic mass is 79.9. The summed E-state index contributed by atoms with van der Waals surface area (Å²) in [5.74, 6) is -0.878. The fraction of sp³-hybridized carbons (Fsp3) is 0.429. The van der Waals surface area contributed by atoms with Gasteiger partial charge in [0.25, 0.3) is 0 Å². The Bertz CT molecular complexity index is 172. The van der Waals surface area contributed by atoms with E-state index in [-0.39, 0.29) is 22.0 Å². The second-order valence-corrected chi connectivity index (χ2v) is 3.06. The van der Waals surface area contributed by atoms with Crippen molar-refractivity contribution >= 4 is 15.9 Å². The van der Waals surface area contributed by atoms with E-state index in [1.165, 1.54) is 0 Å². The molecule has 0 unspecified atom stereocenters. The number of aliphatic hydroxyl groups is 1. The highest BCUT2D eigenvalue weighted by Gasteiger charge is 2.09. The Balaban J connectivity index is 4.50. The van der Waals surface area contributed by atoms with Crippen molar-refractivity contribution in [3.8, 4) is 0 Å². The van der Waals surface area contributed by atoms with Crippen LogP contribution in [-0.2, 0) is 0 Å². The van der Waals surface area contributed by atoms with E-state index in [1.54, 1.807) is 13.8 Å². The van der Waals surface area contributed by atoms with E-state index in [4.69, 9.17) is 5.11 Å². The Morgan fingerprint density at radius 3 is 2.10 bits per heavy atom. The lowest BCUT2D eigenvalue weighted by atomic mass is 10.2. The van der Waals surface area contributed by atoms with Crippen LogP contribution in [0, 0.1) is 5.92 Å². The summed E-state index contributed by atoms with van der Waals surface area (Å²) in [4.78, 5) is 0. The van der Waals surface area contributed by atoms with E-state index in [0.29, 0.717) is 0 Å². The Kier molecular flexibility index (Phi) is 3.64. The van der Waals surface area contributed by atoms with Crippen molar-refractivity contribution in [3.63, 3.8) is 0 Å². The number of halogens is 2. The zero-order valence-electron chi connectivity index (χ0n) is 5.99. The Labute approximate surface area is 68.4 Å². The minimum absolute atomic E-state index is 0.0579. The largest absolute Gasteiger partial charge is 0.507 e. The summed E-state index contributed by atoms with van der Waals surface area (Å²) in [6.45, 7) is 6.56. The van der Waals surface area contributed by atoms with Gasteiger partial charge < -0.3 is 5.11 Å². The molecule has 0 spiro atoms. The van der Waals surface area contributed by atoms with Crippen LogP contribution in [-0.4, -0.2) is 5.11 Å². The fourth-order valence-corrected chi connectivity index (χ4v) is 0.849. The molecule has 0 saturated heterocycles. The normalized spacial score (nSPS) is 13.3. The molecule has 0 aliphatic rings. The zero-order valence-corrected chi connectivity index (χ0v) is 7.57. The molecule has 0 aliphatic carbocycles. The number of aliphatic hydroxyl groups excluding tert-OH is 1. The first-order valence-corrected chi connectivity index (χ1v) is 3.69. The SMILES string of the molecule is C=C(O)/C(Br)=C(/F)C(C)C. The van der Waals surface area contributed by atoms with Crippen molar-refractivity contribution in [2.45, 2.75) is 13.8 Å². The molecule has 0 amide bonds. The first-order chi connectivity index (χ1) is 4.46. The fourth-order valence-electron chi connectivity index (χ4n) is 0.391. The lowest BCUT2D eigenvalue weighted by molar-refractivity contribution is 0.422. The van der Waals surface area contributed by atoms with Crippen LogP contribution in [0.2, 0.25) is 0 Å². The second-order valence-electron chi connectivity index (χ2n) is 2.26. The van der Waals surface area contributed by atoms with Crippen LogP contribution >= 0.6 is 15.9 Å². The van der Waals surface area contributed by atoms with E-state index < -0.39 is 0 Å². The van der Waals surface area contributed by atoms with E-state index >= 15 is 0 Å². The van der Waals surface area contributed by atoms with Crippen molar-refractivity contribution < 1.29 is 9.50 Å². The van der Waals surface area contributed by atoms with E-state index in [1.807, 2.05) is 0 Å². The van der Waals surface area contributed by atoms with Crippen molar-refractivity contribution in [2.24, 2.45) is 5.92 Å². The lowest BCUT2D eigenvalue weighted by Gasteiger charge is -2.03. The third-order valence-electron chi connectivity index (χ3n) is 0.970. The molecular formula is C7H10BrFO. The number of rotatable bonds is 2. The minimum atomic E-state index is -0.382. The molecule has 0 fully saturated rings. The van der Waals surface area contributed by atoms with Crippen molar-refractivity contribution in [1.82, 2.24) is 0 Å². The van der Waals surface area contributed by atoms with Gasteiger partial charge in [-0.2, -0.15) is 0 Å². The highest BCUT2D eigenvalue weighted by Crippen LogP contribution is 2.24. The molecule has 58 valence electrons. The van der Waals surface area contributed by atoms with Crippen molar-refractivity contribution in [1.29, 1.82) is 0 Å². The molecule has 0 aromatic carbocycles. The lowest BCUT2D eigenvalue weighted by Crippen LogP contribution is -1.91. The molecule has 10 heavy (non-hydrogen) atoms. The first kappa shape index (κ1) is 9.69. The van der Waals surface area contributed by atoms with Crippen LogP contribution in [0.15, 0.2) is 22.6 Å². The summed E-state index contributed by atoms with van der Waals surface area (Å²) in [6.07, 6.45) is 0. The molecule has 0 rings (SSSR count). The monoisotopic (exact) mass is 208 g/mol. The van der Waals surface area contributed by atoms with Crippen LogP contribution in [0.25, 0.3) is 0 Å². The van der Waals surface area contributed by atoms with Crippen molar-refractivity contribution in [2.75, 3.05) is 0 Å². The third-order valence-corrected chi connectivity index (χ3v) is 1.81. The van der Waals surface area contributed by atoms with Gasteiger partial charge in [0.05, 0.1) is 4.48 Å². The molecule has 0 heterocycles. The zero-order chi connectivity index (χ0) is 8.31. The van der Waals surface area contributed by atoms with E-state index in [2.05, 4.69) is 22.5 Å². The number of hydrogen-bond donors (Lipinski definition) is 1. The van der Waals surface area contributed by atoms with Crippen LogP contribution in [0.1, 0.15) is 13.8 Å². The van der Waals surface area contributed by atoms with Gasteiger partial charge >= 0.3 is 0 Å². The van der Waals surface area contributed by atoms with Crippen LogP contribution in [0.5, 0.6) is 0 Å². The van der Waals surface area contributed by atoms with Crippen LogP contribution in [0.4, 0.5) is 4.39 Å². The summed E-state index contributed by atoms with van der Waals surface area (Å²) >= 11 is 2.86. The number of allylic oxidation sites excluding steroid dienone is 2. The topological polar surface area (TPSA) is 20.2 Å². The van der Waals surface area contributed by atoms with Gasteiger partial charge in [0.15, 0.2) is 0 Å². The van der Waals surface area contributed by atoms with Gasteiger partial charge in [-0.1, -0.05) is 20.4 Å². The quantitative estimate of drug-likeness (QED) is 0.546. The average Bonchev–Trinajstić information content (AvgIpc) is 1.84. The summed E-state index contributed by atoms with van der Waals surface area (Å²) in [7, 11) is 0. The standard InChI is InChI=1S/C7H10BrFO/c1-4(2)7(9)6(8)5(3)10/h4,10H,3H2,1-2H3/b7-6-. The van der Waals surface area contributed by atoms with Gasteiger partial charge in [-0.05, 0) is 15.9 Å². The van der Waals surface area contributed by atoms with E-state index in [9.17, 15) is 4.39 Å². The van der Waals surface area contributed by atoms with Gasteiger partial charge in [-0.3, -0.25) is 0 Å². The molecule has 0 saturated carbocycles. The maximum absolute atomic E-state index is 12.8. The Morgan fingerprint density at radius 2 is 2.00 bits per heavy atom. The molecule has 3 heteroatoms. The molecule has 1 nitrogen and oxygen atoms in total. The van der Waals surface area contributed by atoms with Gasteiger partial charge in [0.1, 0.15) is 11.6 Å². The molecule has 0 aromatic rings. The molecular weight excluding hydrogens is 199 g/mol. The Hall–Kier alpha value is -0.310. The Morgan fingerprint density at radius 1 is 1.60 bits per heavy atom. The van der Waals surface area contributed by atoms with Gasteiger partial charge in [0.2, 0.25) is 0 Å². The smallest absolute Gasteiger partial charge is 0.125 e. The predicted molar refractivity (Wildman–Crippen MR) is 43.7 cm³/mol. The molecule has 0 bridgehead atoms. The predicted octanol–water partition coefficient (Wildman–Crippen LogP) is 3.29. The minimum Gasteiger partial charge on any atom is -0.507 e. The summed E-state index contributed by atoms with van der Waals surface area (Å²) < 4.78 is 12.8. The van der Waals surface area contributed by atoms with Gasteiger partial charge in [-0.15, -0.1) is 0 Å². The maximum atomic E-state index is 12.8. The van der Waals surface area contributed by atoms with Gasteiger partial charge in [-0.25, -0.2) is 4.39 Å². The third kappa shape index (κ3) is 2.52. The molecule has 0 aromatic heterocycles. The average molecular weight is 209 g/mol. The second kappa shape index (κ2) is 3.76. The van der Waals surface area contributed by atoms with Crippen molar-refractivity contribution in [3.05, 3.63) is 22.6 Å². The highest BCUT2D eigenvalue weighted by molar-refractivity contribution is 9.12. The summed E-state index contributed by atoms with van der Waals surface area (Å²) in [5, 5.41) is 8.70. The summed E-state index contributed by atoms with van der Waals surface area (Å²) in [5.41, 5.74) is 0. The molecule has 0 atom stereocenters. The molecule has 0 radical (unpaired) electrons. The van der Waals surface area contributed by atoms with Gasteiger partial charge in [0, 0.05) is 5.92 Å².